The first-order valence-corrected chi connectivity index (χ1v) is 12.8. The van der Waals surface area contributed by atoms with Gasteiger partial charge in [0.25, 0.3) is 0 Å². The van der Waals surface area contributed by atoms with Crippen molar-refractivity contribution >= 4 is 29.1 Å². The standard InChI is InChI=1S/C28H21ClF5NO3S/c1-14-4-3-5-19(15(14)2)20-12-18(8-6-16(20)7-9-24(36)37)38-13-21-26(35-39-27(21)28(32,33)34)25-22(30)10-17(29)11-23(25)31/h3-6,8,10-12H,7,9,13H2,1-2H3,(H,36,37). The normalized spacial score (nSPS) is 11.6. The zero-order valence-corrected chi connectivity index (χ0v) is 22.2. The van der Waals surface area contributed by atoms with Gasteiger partial charge in [-0.2, -0.15) is 17.5 Å². The Morgan fingerprint density at radius 2 is 1.74 bits per heavy atom. The number of halogens is 6. The van der Waals surface area contributed by atoms with Crippen LogP contribution in [0, 0.1) is 25.5 Å². The van der Waals surface area contributed by atoms with Crippen LogP contribution in [0.15, 0.2) is 48.5 Å². The minimum Gasteiger partial charge on any atom is -0.489 e. The highest BCUT2D eigenvalue weighted by Gasteiger charge is 2.39. The van der Waals surface area contributed by atoms with Crippen LogP contribution in [0.25, 0.3) is 22.4 Å². The fourth-order valence-electron chi connectivity index (χ4n) is 4.18. The second-order valence-electron chi connectivity index (χ2n) is 8.83. The van der Waals surface area contributed by atoms with Crippen molar-refractivity contribution in [2.75, 3.05) is 0 Å². The molecule has 0 radical (unpaired) electrons. The molecule has 4 rings (SSSR count). The van der Waals surface area contributed by atoms with E-state index in [4.69, 9.17) is 21.4 Å². The zero-order valence-electron chi connectivity index (χ0n) is 20.6. The molecule has 0 aliphatic heterocycles. The van der Waals surface area contributed by atoms with Crippen molar-refractivity contribution in [1.29, 1.82) is 0 Å². The van der Waals surface area contributed by atoms with Gasteiger partial charge >= 0.3 is 12.1 Å². The summed E-state index contributed by atoms with van der Waals surface area (Å²) in [5.74, 6) is -3.09. The van der Waals surface area contributed by atoms with Gasteiger partial charge < -0.3 is 9.84 Å². The number of ether oxygens (including phenoxy) is 1. The third-order valence-corrected chi connectivity index (χ3v) is 7.41. The second-order valence-corrected chi connectivity index (χ2v) is 10.0. The van der Waals surface area contributed by atoms with Gasteiger partial charge in [0.15, 0.2) is 0 Å². The van der Waals surface area contributed by atoms with Gasteiger partial charge in [-0.15, -0.1) is 0 Å². The lowest BCUT2D eigenvalue weighted by atomic mass is 9.91. The van der Waals surface area contributed by atoms with Gasteiger partial charge in [0, 0.05) is 17.0 Å². The molecule has 0 bridgehead atoms. The van der Waals surface area contributed by atoms with Gasteiger partial charge in [0.2, 0.25) is 0 Å². The molecule has 0 saturated carbocycles. The largest absolute Gasteiger partial charge is 0.489 e. The molecule has 0 atom stereocenters. The topological polar surface area (TPSA) is 59.4 Å². The lowest BCUT2D eigenvalue weighted by Gasteiger charge is -2.16. The number of aryl methyl sites for hydroxylation is 2. The number of carbonyl (C=O) groups is 1. The Morgan fingerprint density at radius 3 is 2.38 bits per heavy atom. The summed E-state index contributed by atoms with van der Waals surface area (Å²) < 4.78 is 80.1. The van der Waals surface area contributed by atoms with E-state index in [1.54, 1.807) is 12.1 Å². The molecule has 0 unspecified atom stereocenters. The van der Waals surface area contributed by atoms with Crippen molar-refractivity contribution in [2.45, 2.75) is 39.5 Å². The van der Waals surface area contributed by atoms with E-state index >= 15 is 0 Å². The third-order valence-electron chi connectivity index (χ3n) is 6.26. The fourth-order valence-corrected chi connectivity index (χ4v) is 5.13. The average molecular weight is 582 g/mol. The predicted octanol–water partition coefficient (Wildman–Crippen LogP) is 8.64. The Hall–Kier alpha value is -3.50. The van der Waals surface area contributed by atoms with Crippen LogP contribution in [0.4, 0.5) is 22.0 Å². The van der Waals surface area contributed by atoms with Gasteiger partial charge in [-0.1, -0.05) is 35.9 Å². The number of rotatable bonds is 8. The molecular formula is C28H21ClF5NO3S. The number of carboxylic acid groups (broad SMARTS) is 1. The molecule has 1 aromatic heterocycles. The zero-order chi connectivity index (χ0) is 28.5. The van der Waals surface area contributed by atoms with Crippen molar-refractivity contribution in [3.8, 4) is 28.1 Å². The van der Waals surface area contributed by atoms with Gasteiger partial charge in [0.05, 0.1) is 11.3 Å². The van der Waals surface area contributed by atoms with Crippen LogP contribution in [0.5, 0.6) is 5.75 Å². The van der Waals surface area contributed by atoms with E-state index in [0.29, 0.717) is 5.56 Å². The molecule has 0 fully saturated rings. The molecular weight excluding hydrogens is 561 g/mol. The van der Waals surface area contributed by atoms with Crippen molar-refractivity contribution in [2.24, 2.45) is 0 Å². The van der Waals surface area contributed by atoms with Crippen molar-refractivity contribution in [1.82, 2.24) is 4.37 Å². The van der Waals surface area contributed by atoms with Crippen molar-refractivity contribution in [3.05, 3.63) is 92.3 Å². The van der Waals surface area contributed by atoms with Gasteiger partial charge in [0.1, 0.15) is 28.9 Å². The van der Waals surface area contributed by atoms with Crippen molar-refractivity contribution in [3.63, 3.8) is 0 Å². The second kappa shape index (κ2) is 11.3. The number of aliphatic carboxylic acids is 1. The number of nitrogens with zero attached hydrogens (tertiary/aromatic N) is 1. The van der Waals surface area contributed by atoms with Crippen LogP contribution in [-0.2, 0) is 24.0 Å². The maximum atomic E-state index is 14.6. The smallest absolute Gasteiger partial charge is 0.427 e. The van der Waals surface area contributed by atoms with Gasteiger partial charge in [-0.25, -0.2) is 8.78 Å². The molecule has 1 N–H and O–H groups in total. The Bertz CT molecular complexity index is 1530. The summed E-state index contributed by atoms with van der Waals surface area (Å²) in [5.41, 5.74) is 2.39. The average Bonchev–Trinajstić information content (AvgIpc) is 3.27. The van der Waals surface area contributed by atoms with E-state index in [2.05, 4.69) is 4.37 Å². The molecule has 204 valence electrons. The van der Waals surface area contributed by atoms with E-state index < -0.39 is 52.1 Å². The summed E-state index contributed by atoms with van der Waals surface area (Å²) in [6, 6.07) is 12.0. The summed E-state index contributed by atoms with van der Waals surface area (Å²) in [6.07, 6.45) is -4.72. The fraction of sp³-hybridized carbons (Fsp3) is 0.214. The van der Waals surface area contributed by atoms with Crippen LogP contribution in [0.2, 0.25) is 5.02 Å². The Morgan fingerprint density at radius 1 is 1.05 bits per heavy atom. The minimum absolute atomic E-state index is 0.0731. The van der Waals surface area contributed by atoms with Crippen LogP contribution < -0.4 is 4.74 Å². The molecule has 0 spiro atoms. The third kappa shape index (κ3) is 6.23. The quantitative estimate of drug-likeness (QED) is 0.212. The first-order chi connectivity index (χ1) is 18.4. The molecule has 4 aromatic rings. The maximum Gasteiger partial charge on any atom is 0.427 e. The van der Waals surface area contributed by atoms with Crippen LogP contribution in [0.3, 0.4) is 0 Å². The maximum absolute atomic E-state index is 14.6. The van der Waals surface area contributed by atoms with Crippen LogP contribution >= 0.6 is 23.1 Å². The predicted molar refractivity (Wildman–Crippen MR) is 139 cm³/mol. The first kappa shape index (κ1) is 28.5. The number of hydrogen-bond acceptors (Lipinski definition) is 4. The van der Waals surface area contributed by atoms with E-state index in [1.165, 1.54) is 6.07 Å². The summed E-state index contributed by atoms with van der Waals surface area (Å²) in [5, 5.41) is 8.91. The SMILES string of the molecule is Cc1cccc(-c2cc(OCc3c(-c4c(F)cc(Cl)cc4F)nsc3C(F)(F)F)ccc2CCC(=O)O)c1C. The minimum atomic E-state index is -4.83. The van der Waals surface area contributed by atoms with Gasteiger partial charge in [-0.05, 0) is 83.9 Å². The van der Waals surface area contributed by atoms with E-state index in [0.717, 1.165) is 34.4 Å². The number of benzene rings is 3. The highest BCUT2D eigenvalue weighted by Crippen LogP contribution is 2.42. The molecule has 3 aromatic carbocycles. The molecule has 1 heterocycles. The molecule has 11 heteroatoms. The highest BCUT2D eigenvalue weighted by atomic mass is 35.5. The van der Waals surface area contributed by atoms with Crippen LogP contribution in [0.1, 0.15) is 33.6 Å². The molecule has 0 aliphatic carbocycles. The monoisotopic (exact) mass is 581 g/mol. The number of carboxylic acids is 1. The molecule has 0 amide bonds. The van der Waals surface area contributed by atoms with Crippen molar-refractivity contribution < 1.29 is 36.6 Å². The number of hydrogen-bond donors (Lipinski definition) is 1. The van der Waals surface area contributed by atoms with E-state index in [1.807, 2.05) is 32.0 Å². The molecule has 39 heavy (non-hydrogen) atoms. The molecule has 4 nitrogen and oxygen atoms in total. The van der Waals surface area contributed by atoms with E-state index in [-0.39, 0.29) is 35.1 Å². The summed E-state index contributed by atoms with van der Waals surface area (Å²) in [6.45, 7) is 3.16. The van der Waals surface area contributed by atoms with E-state index in [9.17, 15) is 26.7 Å². The number of aromatic nitrogens is 1. The lowest BCUT2D eigenvalue weighted by Crippen LogP contribution is -2.09. The summed E-state index contributed by atoms with van der Waals surface area (Å²) in [7, 11) is 0. The lowest BCUT2D eigenvalue weighted by molar-refractivity contribution is -0.137. The summed E-state index contributed by atoms with van der Waals surface area (Å²) in [4.78, 5) is 10.0. The Labute approximate surface area is 229 Å². The highest BCUT2D eigenvalue weighted by molar-refractivity contribution is 7.06. The van der Waals surface area contributed by atoms with Crippen LogP contribution in [-0.4, -0.2) is 15.4 Å². The molecule has 0 aliphatic rings. The number of alkyl halides is 3. The first-order valence-electron chi connectivity index (χ1n) is 11.6. The Kier molecular flexibility index (Phi) is 8.27. The molecule has 0 saturated heterocycles. The Balaban J connectivity index is 1.76. The van der Waals surface area contributed by atoms with Gasteiger partial charge in [-0.3, -0.25) is 4.79 Å². The summed E-state index contributed by atoms with van der Waals surface area (Å²) >= 11 is 5.75.